The first kappa shape index (κ1) is 18.2. The van der Waals surface area contributed by atoms with E-state index in [-0.39, 0.29) is 23.1 Å². The number of likely N-dealkylation sites (tertiary alicyclic amines) is 2. The van der Waals surface area contributed by atoms with E-state index in [0.717, 1.165) is 25.9 Å². The molecular weight excluding hydrogens is 290 g/mol. The predicted molar refractivity (Wildman–Crippen MR) is 92.1 cm³/mol. The molecule has 0 aromatic heterocycles. The summed E-state index contributed by atoms with van der Waals surface area (Å²) in [5.74, 6) is 0.437. The molecule has 2 saturated heterocycles. The van der Waals surface area contributed by atoms with Gasteiger partial charge >= 0.3 is 0 Å². The fourth-order valence-corrected chi connectivity index (χ4v) is 3.48. The van der Waals surface area contributed by atoms with Gasteiger partial charge in [0.15, 0.2) is 0 Å². The van der Waals surface area contributed by atoms with Crippen LogP contribution in [-0.4, -0.2) is 60.9 Å². The number of nitrogens with zero attached hydrogens (tertiary/aromatic N) is 2. The van der Waals surface area contributed by atoms with E-state index >= 15 is 0 Å². The molecule has 132 valence electrons. The molecule has 2 rings (SSSR count). The van der Waals surface area contributed by atoms with Crippen LogP contribution in [0.2, 0.25) is 0 Å². The Labute approximate surface area is 140 Å². The summed E-state index contributed by atoms with van der Waals surface area (Å²) >= 11 is 0. The van der Waals surface area contributed by atoms with E-state index in [0.29, 0.717) is 13.1 Å². The zero-order valence-corrected chi connectivity index (χ0v) is 15.1. The molecule has 1 N–H and O–H groups in total. The van der Waals surface area contributed by atoms with Crippen molar-refractivity contribution in [1.82, 2.24) is 15.1 Å². The van der Waals surface area contributed by atoms with Crippen molar-refractivity contribution in [2.45, 2.75) is 52.9 Å². The second-order valence-electron chi connectivity index (χ2n) is 8.01. The van der Waals surface area contributed by atoms with Gasteiger partial charge in [-0.3, -0.25) is 9.59 Å². The zero-order chi connectivity index (χ0) is 16.9. The van der Waals surface area contributed by atoms with Crippen molar-refractivity contribution in [3.05, 3.63) is 0 Å². The minimum absolute atomic E-state index is 0.0698. The molecule has 0 aromatic rings. The van der Waals surface area contributed by atoms with Gasteiger partial charge in [-0.05, 0) is 38.8 Å². The summed E-state index contributed by atoms with van der Waals surface area (Å²) in [6.45, 7) is 11.3. The zero-order valence-electron chi connectivity index (χ0n) is 15.1. The molecular formula is C18H33N3O2. The lowest BCUT2D eigenvalue weighted by molar-refractivity contribution is -0.142. The molecule has 0 aromatic carbocycles. The first-order chi connectivity index (χ1) is 10.9. The molecule has 2 aliphatic heterocycles. The van der Waals surface area contributed by atoms with Crippen LogP contribution in [0, 0.1) is 11.3 Å². The predicted octanol–water partition coefficient (Wildman–Crippen LogP) is 1.87. The second kappa shape index (κ2) is 8.13. The van der Waals surface area contributed by atoms with Crippen molar-refractivity contribution in [1.29, 1.82) is 0 Å². The Morgan fingerprint density at radius 1 is 1.00 bits per heavy atom. The van der Waals surface area contributed by atoms with E-state index in [9.17, 15) is 9.59 Å². The van der Waals surface area contributed by atoms with Gasteiger partial charge in [-0.25, -0.2) is 0 Å². The summed E-state index contributed by atoms with van der Waals surface area (Å²) in [5, 5.41) is 3.09. The quantitative estimate of drug-likeness (QED) is 0.859. The third-order valence-corrected chi connectivity index (χ3v) is 4.97. The Bertz CT molecular complexity index is 403. The molecule has 5 heteroatoms. The van der Waals surface area contributed by atoms with Crippen molar-refractivity contribution < 1.29 is 9.59 Å². The molecule has 2 heterocycles. The first-order valence-corrected chi connectivity index (χ1v) is 9.17. The molecule has 0 unspecified atom stereocenters. The molecule has 0 saturated carbocycles. The Hall–Kier alpha value is -1.10. The number of piperidine rings is 2. The van der Waals surface area contributed by atoms with Gasteiger partial charge < -0.3 is 15.1 Å². The second-order valence-corrected chi connectivity index (χ2v) is 8.01. The van der Waals surface area contributed by atoms with E-state index in [4.69, 9.17) is 0 Å². The minimum Gasteiger partial charge on any atom is -0.355 e. The average molecular weight is 323 g/mol. The standard InChI is InChI=1S/C18H33N3O2/c1-18(2,3)17(23)21-12-7-15(8-13-21)16(22)19-9-14-20-10-5-4-6-11-20/h15H,4-14H2,1-3H3,(H,19,22). The van der Waals surface area contributed by atoms with Crippen molar-refractivity contribution in [2.24, 2.45) is 11.3 Å². The maximum atomic E-state index is 12.3. The average Bonchev–Trinajstić information content (AvgIpc) is 2.54. The Morgan fingerprint density at radius 3 is 2.17 bits per heavy atom. The highest BCUT2D eigenvalue weighted by molar-refractivity contribution is 5.82. The van der Waals surface area contributed by atoms with Gasteiger partial charge in [-0.2, -0.15) is 0 Å². The SMILES string of the molecule is CC(C)(C)C(=O)N1CCC(C(=O)NCCN2CCCCC2)CC1. The van der Waals surface area contributed by atoms with Crippen LogP contribution in [0.1, 0.15) is 52.9 Å². The number of carbonyl (C=O) groups is 2. The van der Waals surface area contributed by atoms with Crippen LogP contribution in [0.3, 0.4) is 0 Å². The lowest BCUT2D eigenvalue weighted by Crippen LogP contribution is -2.47. The van der Waals surface area contributed by atoms with E-state index < -0.39 is 0 Å². The molecule has 0 bridgehead atoms. The van der Waals surface area contributed by atoms with Gasteiger partial charge in [0.05, 0.1) is 0 Å². The molecule has 2 fully saturated rings. The van der Waals surface area contributed by atoms with E-state index in [1.807, 2.05) is 25.7 Å². The molecule has 5 nitrogen and oxygen atoms in total. The fraction of sp³-hybridized carbons (Fsp3) is 0.889. The van der Waals surface area contributed by atoms with Crippen molar-refractivity contribution in [2.75, 3.05) is 39.3 Å². The summed E-state index contributed by atoms with van der Waals surface area (Å²) in [5.41, 5.74) is -0.330. The van der Waals surface area contributed by atoms with E-state index in [1.165, 1.54) is 32.4 Å². The molecule has 0 radical (unpaired) electrons. The summed E-state index contributed by atoms with van der Waals surface area (Å²) in [4.78, 5) is 28.9. The summed E-state index contributed by atoms with van der Waals surface area (Å²) in [6, 6.07) is 0. The number of hydrogen-bond donors (Lipinski definition) is 1. The highest BCUT2D eigenvalue weighted by atomic mass is 16.2. The molecule has 0 spiro atoms. The third-order valence-electron chi connectivity index (χ3n) is 4.97. The van der Waals surface area contributed by atoms with Crippen molar-refractivity contribution in [3.8, 4) is 0 Å². The van der Waals surface area contributed by atoms with Crippen LogP contribution in [0.25, 0.3) is 0 Å². The van der Waals surface area contributed by atoms with Gasteiger partial charge in [0, 0.05) is 37.5 Å². The molecule has 2 amide bonds. The Kier molecular flexibility index (Phi) is 6.45. The topological polar surface area (TPSA) is 52.7 Å². The minimum atomic E-state index is -0.330. The van der Waals surface area contributed by atoms with Crippen LogP contribution in [0.15, 0.2) is 0 Å². The van der Waals surface area contributed by atoms with Gasteiger partial charge in [-0.15, -0.1) is 0 Å². The van der Waals surface area contributed by atoms with Crippen LogP contribution in [-0.2, 0) is 9.59 Å². The first-order valence-electron chi connectivity index (χ1n) is 9.17. The summed E-state index contributed by atoms with van der Waals surface area (Å²) in [7, 11) is 0. The van der Waals surface area contributed by atoms with Crippen molar-refractivity contribution in [3.63, 3.8) is 0 Å². The fourth-order valence-electron chi connectivity index (χ4n) is 3.48. The normalized spacial score (nSPS) is 21.3. The third kappa shape index (κ3) is 5.48. The smallest absolute Gasteiger partial charge is 0.227 e. The van der Waals surface area contributed by atoms with E-state index in [2.05, 4.69) is 10.2 Å². The van der Waals surface area contributed by atoms with Gasteiger partial charge in [0.1, 0.15) is 0 Å². The van der Waals surface area contributed by atoms with Gasteiger partial charge in [0.2, 0.25) is 11.8 Å². The number of hydrogen-bond acceptors (Lipinski definition) is 3. The number of amides is 2. The van der Waals surface area contributed by atoms with Crippen LogP contribution >= 0.6 is 0 Å². The molecule has 0 aliphatic carbocycles. The van der Waals surface area contributed by atoms with Gasteiger partial charge in [-0.1, -0.05) is 27.2 Å². The largest absolute Gasteiger partial charge is 0.355 e. The van der Waals surface area contributed by atoms with Crippen LogP contribution < -0.4 is 5.32 Å². The number of rotatable bonds is 4. The van der Waals surface area contributed by atoms with E-state index in [1.54, 1.807) is 0 Å². The maximum Gasteiger partial charge on any atom is 0.227 e. The van der Waals surface area contributed by atoms with Gasteiger partial charge in [0.25, 0.3) is 0 Å². The highest BCUT2D eigenvalue weighted by Gasteiger charge is 2.32. The van der Waals surface area contributed by atoms with Crippen LogP contribution in [0.5, 0.6) is 0 Å². The highest BCUT2D eigenvalue weighted by Crippen LogP contribution is 2.23. The molecule has 2 aliphatic rings. The Balaban J connectivity index is 1.66. The summed E-state index contributed by atoms with van der Waals surface area (Å²) < 4.78 is 0. The molecule has 0 atom stereocenters. The maximum absolute atomic E-state index is 12.3. The lowest BCUT2D eigenvalue weighted by Gasteiger charge is -2.35. The number of carbonyl (C=O) groups excluding carboxylic acids is 2. The summed E-state index contributed by atoms with van der Waals surface area (Å²) in [6.07, 6.45) is 5.49. The Morgan fingerprint density at radius 2 is 1.61 bits per heavy atom. The lowest BCUT2D eigenvalue weighted by atomic mass is 9.90. The number of nitrogens with one attached hydrogen (secondary N) is 1. The van der Waals surface area contributed by atoms with Crippen molar-refractivity contribution >= 4 is 11.8 Å². The van der Waals surface area contributed by atoms with Crippen LogP contribution in [0.4, 0.5) is 0 Å². The monoisotopic (exact) mass is 323 g/mol. The molecule has 23 heavy (non-hydrogen) atoms.